The zero-order chi connectivity index (χ0) is 21.1. The molecule has 146 valence electrons. The maximum atomic E-state index is 13.7. The van der Waals surface area contributed by atoms with Crippen LogP contribution >= 0.6 is 11.6 Å². The molecule has 5 heteroatoms. The lowest BCUT2D eigenvalue weighted by atomic mass is 9.93. The molecule has 1 N–H and O–H groups in total. The molecule has 3 aromatic rings. The van der Waals surface area contributed by atoms with E-state index in [0.717, 1.165) is 5.56 Å². The number of nitrogens with one attached hydrogen (secondary N) is 1. The molecule has 30 heavy (non-hydrogen) atoms. The molecule has 3 aromatic carbocycles. The van der Waals surface area contributed by atoms with Gasteiger partial charge in [-0.3, -0.25) is 9.59 Å². The first kappa shape index (κ1) is 19.6. The number of rotatable bonds is 2. The van der Waals surface area contributed by atoms with Crippen molar-refractivity contribution in [2.24, 2.45) is 0 Å². The monoisotopic (exact) mass is 415 g/mol. The van der Waals surface area contributed by atoms with Crippen LogP contribution in [0.5, 0.6) is 0 Å². The summed E-state index contributed by atoms with van der Waals surface area (Å²) < 4.78 is 13.7. The molecular weight excluding hydrogens is 401 g/mol. The second kappa shape index (κ2) is 8.36. The van der Waals surface area contributed by atoms with Gasteiger partial charge in [-0.1, -0.05) is 59.8 Å². The Morgan fingerprint density at radius 3 is 2.57 bits per heavy atom. The summed E-state index contributed by atoms with van der Waals surface area (Å²) in [7, 11) is 0. The van der Waals surface area contributed by atoms with Crippen molar-refractivity contribution in [1.82, 2.24) is 0 Å². The standard InChI is InChI=1S/C25H15ClFNO2/c26-21-11-9-18(15-22(21)27)14-20-24(29)19-13-17(10-12-23(19)28-25(20)30)8-4-7-16-5-2-1-3-6-16/h1-3,5-6,9-15H,7H2,(H,28,30)/b20-14-. The number of carbonyl (C=O) groups excluding carboxylic acids is 2. The highest BCUT2D eigenvalue weighted by atomic mass is 35.5. The van der Waals surface area contributed by atoms with Crippen LogP contribution in [0.4, 0.5) is 10.1 Å². The number of benzene rings is 3. The number of anilines is 1. The highest BCUT2D eigenvalue weighted by Crippen LogP contribution is 2.28. The minimum atomic E-state index is -0.619. The van der Waals surface area contributed by atoms with Gasteiger partial charge in [0.25, 0.3) is 5.91 Å². The summed E-state index contributed by atoms with van der Waals surface area (Å²) in [5.74, 6) is 4.56. The van der Waals surface area contributed by atoms with Crippen LogP contribution in [0.25, 0.3) is 6.08 Å². The predicted molar refractivity (Wildman–Crippen MR) is 116 cm³/mol. The summed E-state index contributed by atoms with van der Waals surface area (Å²) in [5, 5.41) is 2.67. The van der Waals surface area contributed by atoms with Crippen LogP contribution < -0.4 is 5.32 Å². The van der Waals surface area contributed by atoms with Gasteiger partial charge in [0.2, 0.25) is 5.78 Å². The predicted octanol–water partition coefficient (Wildman–Crippen LogP) is 5.29. The zero-order valence-electron chi connectivity index (χ0n) is 15.7. The summed E-state index contributed by atoms with van der Waals surface area (Å²) in [4.78, 5) is 25.3. The fourth-order valence-electron chi connectivity index (χ4n) is 3.10. The van der Waals surface area contributed by atoms with Crippen molar-refractivity contribution in [1.29, 1.82) is 0 Å². The average Bonchev–Trinajstić information content (AvgIpc) is 2.75. The fraction of sp³-hybridized carbons (Fsp3) is 0.0400. The lowest BCUT2D eigenvalue weighted by molar-refractivity contribution is -0.112. The van der Waals surface area contributed by atoms with Gasteiger partial charge in [-0.15, -0.1) is 0 Å². The number of carbonyl (C=O) groups is 2. The largest absolute Gasteiger partial charge is 0.321 e. The summed E-state index contributed by atoms with van der Waals surface area (Å²) >= 11 is 5.69. The van der Waals surface area contributed by atoms with Gasteiger partial charge >= 0.3 is 0 Å². The van der Waals surface area contributed by atoms with E-state index in [1.165, 1.54) is 18.2 Å². The molecule has 1 heterocycles. The molecule has 1 aliphatic heterocycles. The van der Waals surface area contributed by atoms with Crippen molar-refractivity contribution in [2.75, 3.05) is 5.32 Å². The van der Waals surface area contributed by atoms with Gasteiger partial charge in [-0.05, 0) is 47.5 Å². The van der Waals surface area contributed by atoms with E-state index < -0.39 is 17.5 Å². The number of hydrogen-bond acceptors (Lipinski definition) is 2. The number of halogens is 2. The molecule has 0 atom stereocenters. The van der Waals surface area contributed by atoms with Crippen LogP contribution in [-0.4, -0.2) is 11.7 Å². The second-order valence-electron chi connectivity index (χ2n) is 6.74. The molecule has 3 nitrogen and oxygen atoms in total. The van der Waals surface area contributed by atoms with Gasteiger partial charge in [0.1, 0.15) is 5.82 Å². The summed E-state index contributed by atoms with van der Waals surface area (Å²) in [6.45, 7) is 0. The Labute approximate surface area is 178 Å². The molecule has 0 unspecified atom stereocenters. The second-order valence-corrected chi connectivity index (χ2v) is 7.15. The molecule has 0 spiro atoms. The van der Waals surface area contributed by atoms with Crippen LogP contribution in [0.1, 0.15) is 27.0 Å². The first-order valence-corrected chi connectivity index (χ1v) is 9.59. The Kier molecular flexibility index (Phi) is 5.47. The van der Waals surface area contributed by atoms with E-state index in [-0.39, 0.29) is 10.6 Å². The van der Waals surface area contributed by atoms with Crippen LogP contribution in [-0.2, 0) is 11.2 Å². The van der Waals surface area contributed by atoms with E-state index in [1.807, 2.05) is 30.3 Å². The highest BCUT2D eigenvalue weighted by Gasteiger charge is 2.28. The van der Waals surface area contributed by atoms with Crippen molar-refractivity contribution in [3.63, 3.8) is 0 Å². The third-order valence-corrected chi connectivity index (χ3v) is 4.93. The molecule has 0 aliphatic carbocycles. The first-order chi connectivity index (χ1) is 14.5. The Balaban J connectivity index is 1.62. The van der Waals surface area contributed by atoms with Crippen molar-refractivity contribution < 1.29 is 14.0 Å². The van der Waals surface area contributed by atoms with Crippen molar-refractivity contribution in [3.8, 4) is 11.8 Å². The normalized spacial score (nSPS) is 14.0. The van der Waals surface area contributed by atoms with E-state index in [4.69, 9.17) is 11.6 Å². The van der Waals surface area contributed by atoms with E-state index in [2.05, 4.69) is 17.2 Å². The molecule has 4 rings (SSSR count). The molecular formula is C25H15ClFNO2. The van der Waals surface area contributed by atoms with Gasteiger partial charge in [0, 0.05) is 17.5 Å². The first-order valence-electron chi connectivity index (χ1n) is 9.21. The maximum Gasteiger partial charge on any atom is 0.259 e. The Hall–Kier alpha value is -3.68. The van der Waals surface area contributed by atoms with Gasteiger partial charge in [-0.2, -0.15) is 0 Å². The summed E-state index contributed by atoms with van der Waals surface area (Å²) in [6, 6.07) is 19.0. The molecule has 0 saturated heterocycles. The third kappa shape index (κ3) is 4.17. The molecule has 0 radical (unpaired) electrons. The van der Waals surface area contributed by atoms with Crippen molar-refractivity contribution in [3.05, 3.63) is 105 Å². The highest BCUT2D eigenvalue weighted by molar-refractivity contribution is 6.36. The SMILES string of the molecule is O=C1Nc2ccc(C#CCc3ccccc3)cc2C(=O)/C1=C/c1ccc(Cl)c(F)c1. The summed E-state index contributed by atoms with van der Waals surface area (Å²) in [5.41, 5.74) is 2.86. The van der Waals surface area contributed by atoms with Gasteiger partial charge in [0.15, 0.2) is 0 Å². The van der Waals surface area contributed by atoms with Gasteiger partial charge < -0.3 is 5.32 Å². The number of amides is 1. The Bertz CT molecular complexity index is 1250. The molecule has 0 fully saturated rings. The fourth-order valence-corrected chi connectivity index (χ4v) is 3.22. The topological polar surface area (TPSA) is 46.2 Å². The van der Waals surface area contributed by atoms with E-state index in [0.29, 0.717) is 28.8 Å². The maximum absolute atomic E-state index is 13.7. The van der Waals surface area contributed by atoms with Crippen molar-refractivity contribution >= 4 is 35.1 Å². The van der Waals surface area contributed by atoms with Crippen LogP contribution in [0.2, 0.25) is 5.02 Å². The third-order valence-electron chi connectivity index (χ3n) is 4.62. The lowest BCUT2D eigenvalue weighted by Gasteiger charge is -2.18. The molecule has 0 aromatic heterocycles. The molecule has 1 amide bonds. The van der Waals surface area contributed by atoms with Gasteiger partial charge in [-0.25, -0.2) is 4.39 Å². The minimum absolute atomic E-state index is 0.0272. The molecule has 1 aliphatic rings. The van der Waals surface area contributed by atoms with E-state index in [9.17, 15) is 14.0 Å². The Morgan fingerprint density at radius 1 is 1.00 bits per heavy atom. The minimum Gasteiger partial charge on any atom is -0.321 e. The number of hydrogen-bond donors (Lipinski definition) is 1. The number of Topliss-reactive ketones (excluding diaryl/α,β-unsaturated/α-hetero) is 1. The van der Waals surface area contributed by atoms with Gasteiger partial charge in [0.05, 0.1) is 16.3 Å². The number of ketones is 1. The average molecular weight is 416 g/mol. The quantitative estimate of drug-likeness (QED) is 0.351. The van der Waals surface area contributed by atoms with Crippen molar-refractivity contribution in [2.45, 2.75) is 6.42 Å². The van der Waals surface area contributed by atoms with Crippen LogP contribution in [0, 0.1) is 17.7 Å². The van der Waals surface area contributed by atoms with E-state index >= 15 is 0 Å². The van der Waals surface area contributed by atoms with Crippen LogP contribution in [0.3, 0.4) is 0 Å². The molecule has 0 saturated carbocycles. The summed E-state index contributed by atoms with van der Waals surface area (Å²) in [6.07, 6.45) is 1.95. The van der Waals surface area contributed by atoms with E-state index in [1.54, 1.807) is 24.3 Å². The van der Waals surface area contributed by atoms with Crippen LogP contribution in [0.15, 0.2) is 72.3 Å². The smallest absolute Gasteiger partial charge is 0.259 e. The molecule has 0 bridgehead atoms. The lowest BCUT2D eigenvalue weighted by Crippen LogP contribution is -2.27. The number of fused-ring (bicyclic) bond motifs is 1. The zero-order valence-corrected chi connectivity index (χ0v) is 16.5. The Morgan fingerprint density at radius 2 is 1.80 bits per heavy atom.